The van der Waals surface area contributed by atoms with E-state index >= 15 is 0 Å². The Labute approximate surface area is 240 Å². The highest BCUT2D eigenvalue weighted by Gasteiger charge is 2.31. The van der Waals surface area contributed by atoms with Gasteiger partial charge in [0.05, 0.1) is 5.69 Å². The molecular weight excluding hydrogens is 516 g/mol. The molecule has 3 aromatic carbocycles. The second kappa shape index (κ2) is 12.3. The first kappa shape index (κ1) is 27.9. The van der Waals surface area contributed by atoms with Gasteiger partial charge in [-0.3, -0.25) is 4.98 Å². The molecule has 1 aromatic heterocycles. The molecule has 210 valence electrons. The Morgan fingerprint density at radius 1 is 0.854 bits per heavy atom. The Morgan fingerprint density at radius 2 is 1.49 bits per heavy atom. The van der Waals surface area contributed by atoms with E-state index in [1.54, 1.807) is 27.0 Å². The number of carbonyl (C=O) groups is 2. The minimum Gasteiger partial charge on any atom is -0.487 e. The lowest BCUT2D eigenvalue weighted by Gasteiger charge is -2.25. The van der Waals surface area contributed by atoms with Crippen LogP contribution in [0.25, 0.3) is 11.1 Å². The van der Waals surface area contributed by atoms with E-state index in [1.165, 1.54) is 0 Å². The molecule has 0 radical (unpaired) electrons. The summed E-state index contributed by atoms with van der Waals surface area (Å²) in [5.41, 5.74) is 5.50. The second-order valence-electron chi connectivity index (χ2n) is 11.0. The van der Waals surface area contributed by atoms with Crippen LogP contribution >= 0.6 is 0 Å². The van der Waals surface area contributed by atoms with Gasteiger partial charge in [0.25, 0.3) is 0 Å². The van der Waals surface area contributed by atoms with Gasteiger partial charge in [0.15, 0.2) is 0 Å². The molecule has 41 heavy (non-hydrogen) atoms. The van der Waals surface area contributed by atoms with Crippen molar-refractivity contribution < 1.29 is 23.8 Å². The van der Waals surface area contributed by atoms with Crippen molar-refractivity contribution in [2.75, 3.05) is 6.61 Å². The largest absolute Gasteiger partial charge is 0.487 e. The van der Waals surface area contributed by atoms with Crippen molar-refractivity contribution in [3.8, 4) is 16.9 Å². The number of pyridine rings is 1. The first-order valence-electron chi connectivity index (χ1n) is 13.7. The Hall–Kier alpha value is -4.65. The van der Waals surface area contributed by atoms with Crippen molar-refractivity contribution >= 4 is 12.1 Å². The van der Waals surface area contributed by atoms with Gasteiger partial charge in [0, 0.05) is 18.5 Å². The van der Waals surface area contributed by atoms with E-state index in [1.807, 2.05) is 66.7 Å². The van der Waals surface area contributed by atoms with E-state index in [0.29, 0.717) is 12.4 Å². The standard InChI is InChI=1S/C34H34N2O5/c1-34(2,3)41-32(37)31(20-23-15-17-25(18-16-23)39-21-24-10-8-9-19-35-24)36-33(38)40-22-30-28-13-6-4-11-26(28)27-12-5-7-14-29(27)30/h4-19,30-31H,20-22H2,1-3H3,(H,36,38). The molecule has 1 unspecified atom stereocenters. The number of esters is 1. The normalized spacial score (nSPS) is 13.0. The summed E-state index contributed by atoms with van der Waals surface area (Å²) in [7, 11) is 0. The van der Waals surface area contributed by atoms with E-state index < -0.39 is 23.7 Å². The van der Waals surface area contributed by atoms with Crippen LogP contribution in [0.5, 0.6) is 5.75 Å². The summed E-state index contributed by atoms with van der Waals surface area (Å²) < 4.78 is 17.1. The molecule has 0 saturated carbocycles. The third-order valence-electron chi connectivity index (χ3n) is 6.80. The van der Waals surface area contributed by atoms with Crippen molar-refractivity contribution in [1.29, 1.82) is 0 Å². The zero-order chi connectivity index (χ0) is 28.8. The fourth-order valence-electron chi connectivity index (χ4n) is 4.95. The van der Waals surface area contributed by atoms with E-state index in [9.17, 15) is 9.59 Å². The van der Waals surface area contributed by atoms with Crippen molar-refractivity contribution in [2.45, 2.75) is 51.4 Å². The van der Waals surface area contributed by atoms with Gasteiger partial charge in [-0.1, -0.05) is 66.7 Å². The fraction of sp³-hybridized carbons (Fsp3) is 0.265. The van der Waals surface area contributed by atoms with Gasteiger partial charge in [0.2, 0.25) is 0 Å². The molecule has 1 N–H and O–H groups in total. The van der Waals surface area contributed by atoms with Gasteiger partial charge in [-0.05, 0) is 72.9 Å². The highest BCUT2D eigenvalue weighted by Crippen LogP contribution is 2.44. The molecule has 5 rings (SSSR count). The average Bonchev–Trinajstić information content (AvgIpc) is 3.28. The number of nitrogens with one attached hydrogen (secondary N) is 1. The molecule has 1 aliphatic carbocycles. The van der Waals surface area contributed by atoms with E-state index in [0.717, 1.165) is 33.5 Å². The maximum atomic E-state index is 13.1. The number of hydrogen-bond donors (Lipinski definition) is 1. The highest BCUT2D eigenvalue weighted by molar-refractivity contribution is 5.82. The number of benzene rings is 3. The number of carbonyl (C=O) groups excluding carboxylic acids is 2. The molecule has 0 saturated heterocycles. The van der Waals surface area contributed by atoms with Crippen LogP contribution in [-0.4, -0.2) is 35.3 Å². The number of fused-ring (bicyclic) bond motifs is 3. The summed E-state index contributed by atoms with van der Waals surface area (Å²) in [5, 5.41) is 2.75. The molecule has 0 spiro atoms. The monoisotopic (exact) mass is 550 g/mol. The van der Waals surface area contributed by atoms with Crippen molar-refractivity contribution in [3.63, 3.8) is 0 Å². The van der Waals surface area contributed by atoms with E-state index in [4.69, 9.17) is 14.2 Å². The predicted octanol–water partition coefficient (Wildman–Crippen LogP) is 6.45. The third kappa shape index (κ3) is 7.11. The summed E-state index contributed by atoms with van der Waals surface area (Å²) in [6.07, 6.45) is 1.29. The van der Waals surface area contributed by atoms with Crippen molar-refractivity contribution in [1.82, 2.24) is 10.3 Å². The average molecular weight is 551 g/mol. The highest BCUT2D eigenvalue weighted by atomic mass is 16.6. The SMILES string of the molecule is CC(C)(C)OC(=O)C(Cc1ccc(OCc2ccccn2)cc1)NC(=O)OCC1c2ccccc2-c2ccccc21. The van der Waals surface area contributed by atoms with Gasteiger partial charge >= 0.3 is 12.1 Å². The van der Waals surface area contributed by atoms with Crippen LogP contribution in [0.15, 0.2) is 97.2 Å². The Bertz CT molecular complexity index is 1450. The maximum Gasteiger partial charge on any atom is 0.407 e. The van der Waals surface area contributed by atoms with Gasteiger partial charge < -0.3 is 19.5 Å². The number of amides is 1. The molecule has 0 aliphatic heterocycles. The smallest absolute Gasteiger partial charge is 0.407 e. The first-order valence-corrected chi connectivity index (χ1v) is 13.7. The molecule has 1 heterocycles. The number of ether oxygens (including phenoxy) is 3. The van der Waals surface area contributed by atoms with E-state index in [2.05, 4.69) is 34.6 Å². The van der Waals surface area contributed by atoms with Crippen LogP contribution in [0.2, 0.25) is 0 Å². The summed E-state index contributed by atoms with van der Waals surface area (Å²) in [4.78, 5) is 30.4. The number of rotatable bonds is 9. The Kier molecular flexibility index (Phi) is 8.34. The minimum absolute atomic E-state index is 0.0771. The van der Waals surface area contributed by atoms with Gasteiger partial charge in [-0.25, -0.2) is 9.59 Å². The molecule has 1 aliphatic rings. The van der Waals surface area contributed by atoms with Gasteiger partial charge in [-0.15, -0.1) is 0 Å². The van der Waals surface area contributed by atoms with Gasteiger partial charge in [0.1, 0.15) is 30.6 Å². The predicted molar refractivity (Wildman–Crippen MR) is 157 cm³/mol. The lowest BCUT2D eigenvalue weighted by Crippen LogP contribution is -2.46. The lowest BCUT2D eigenvalue weighted by atomic mass is 9.98. The van der Waals surface area contributed by atoms with Crippen molar-refractivity contribution in [3.05, 3.63) is 120 Å². The number of hydrogen-bond acceptors (Lipinski definition) is 6. The maximum absolute atomic E-state index is 13.1. The van der Waals surface area contributed by atoms with Crippen LogP contribution in [0.3, 0.4) is 0 Å². The zero-order valence-corrected chi connectivity index (χ0v) is 23.5. The van der Waals surface area contributed by atoms with Crippen LogP contribution < -0.4 is 10.1 Å². The third-order valence-corrected chi connectivity index (χ3v) is 6.80. The number of nitrogens with zero attached hydrogens (tertiary/aromatic N) is 1. The zero-order valence-electron chi connectivity index (χ0n) is 23.5. The van der Waals surface area contributed by atoms with Crippen LogP contribution in [0, 0.1) is 0 Å². The summed E-state index contributed by atoms with van der Waals surface area (Å²) in [6.45, 7) is 5.89. The quantitative estimate of drug-likeness (QED) is 0.241. The number of alkyl carbamates (subject to hydrolysis) is 1. The minimum atomic E-state index is -0.926. The number of aromatic nitrogens is 1. The molecule has 1 amide bonds. The van der Waals surface area contributed by atoms with Gasteiger partial charge in [-0.2, -0.15) is 0 Å². The molecular formula is C34H34N2O5. The molecule has 0 bridgehead atoms. The molecule has 4 aromatic rings. The first-order chi connectivity index (χ1) is 19.8. The Morgan fingerprint density at radius 3 is 2.10 bits per heavy atom. The molecule has 0 fully saturated rings. The molecule has 1 atom stereocenters. The second-order valence-corrected chi connectivity index (χ2v) is 11.0. The van der Waals surface area contributed by atoms with Crippen LogP contribution in [0.4, 0.5) is 4.79 Å². The molecule has 7 heteroatoms. The van der Waals surface area contributed by atoms with Crippen LogP contribution in [0.1, 0.15) is 49.1 Å². The van der Waals surface area contributed by atoms with Crippen molar-refractivity contribution in [2.24, 2.45) is 0 Å². The summed E-state index contributed by atoms with van der Waals surface area (Å²) >= 11 is 0. The fourth-order valence-corrected chi connectivity index (χ4v) is 4.95. The summed E-state index contributed by atoms with van der Waals surface area (Å²) in [5.74, 6) is 0.0750. The topological polar surface area (TPSA) is 86.8 Å². The summed E-state index contributed by atoms with van der Waals surface area (Å²) in [6, 6.07) is 28.4. The lowest BCUT2D eigenvalue weighted by molar-refractivity contribution is -0.157. The van der Waals surface area contributed by atoms with E-state index in [-0.39, 0.29) is 18.9 Å². The van der Waals surface area contributed by atoms with Crippen LogP contribution in [-0.2, 0) is 27.3 Å². The Balaban J connectivity index is 1.23. The molecule has 7 nitrogen and oxygen atoms in total.